The van der Waals surface area contributed by atoms with Crippen LogP contribution in [0.5, 0.6) is 0 Å². The van der Waals surface area contributed by atoms with Gasteiger partial charge in [0, 0.05) is 25.2 Å². The van der Waals surface area contributed by atoms with Crippen LogP contribution in [0.15, 0.2) is 18.2 Å². The minimum Gasteiger partial charge on any atom is -0.388 e. The molecule has 2 unspecified atom stereocenters. The Morgan fingerprint density at radius 1 is 1.43 bits per heavy atom. The average Bonchev–Trinajstić information content (AvgIpc) is 3.05. The smallest absolute Gasteiger partial charge is 0.251 e. The Labute approximate surface area is 137 Å². The lowest BCUT2D eigenvalue weighted by molar-refractivity contribution is 0.00592. The Bertz CT molecular complexity index is 554. The first-order valence-corrected chi connectivity index (χ1v) is 8.40. The molecule has 0 bridgehead atoms. The van der Waals surface area contributed by atoms with Crippen LogP contribution in [0, 0.1) is 11.7 Å². The van der Waals surface area contributed by atoms with Crippen molar-refractivity contribution in [3.8, 4) is 0 Å². The van der Waals surface area contributed by atoms with Gasteiger partial charge in [-0.1, -0.05) is 20.3 Å². The Morgan fingerprint density at radius 2 is 2.09 bits per heavy atom. The lowest BCUT2D eigenvalue weighted by Crippen LogP contribution is -2.45. The number of carbonyl (C=O) groups excluding carboxylic acids is 1. The van der Waals surface area contributed by atoms with Gasteiger partial charge < -0.3 is 15.3 Å². The fourth-order valence-electron chi connectivity index (χ4n) is 2.84. The van der Waals surface area contributed by atoms with Crippen LogP contribution >= 0.6 is 0 Å². The molecule has 0 saturated carbocycles. The van der Waals surface area contributed by atoms with Gasteiger partial charge in [-0.15, -0.1) is 0 Å². The summed E-state index contributed by atoms with van der Waals surface area (Å²) in [6, 6.07) is 4.59. The van der Waals surface area contributed by atoms with Gasteiger partial charge in [0.15, 0.2) is 0 Å². The first-order chi connectivity index (χ1) is 10.8. The number of rotatable bonds is 6. The molecular weight excluding hydrogens is 295 g/mol. The van der Waals surface area contributed by atoms with Crippen molar-refractivity contribution in [2.24, 2.45) is 5.92 Å². The summed E-state index contributed by atoms with van der Waals surface area (Å²) >= 11 is 0. The third-order valence-corrected chi connectivity index (χ3v) is 4.94. The molecule has 1 fully saturated rings. The maximum Gasteiger partial charge on any atom is 0.251 e. The SMILES string of the molecule is CCC(C)C(C)(O)CNC(=O)c1ccc(N2CCCC2)c(F)c1. The van der Waals surface area contributed by atoms with E-state index in [1.807, 2.05) is 18.7 Å². The number of nitrogens with zero attached hydrogens (tertiary/aromatic N) is 1. The van der Waals surface area contributed by atoms with Crippen molar-refractivity contribution in [2.45, 2.75) is 45.6 Å². The zero-order chi connectivity index (χ0) is 17.0. The highest BCUT2D eigenvalue weighted by molar-refractivity contribution is 5.94. The Kier molecular flexibility index (Phi) is 5.63. The van der Waals surface area contributed by atoms with Crippen molar-refractivity contribution < 1.29 is 14.3 Å². The maximum atomic E-state index is 14.2. The van der Waals surface area contributed by atoms with E-state index in [-0.39, 0.29) is 29.8 Å². The number of hydrogen-bond donors (Lipinski definition) is 2. The van der Waals surface area contributed by atoms with E-state index in [0.29, 0.717) is 5.69 Å². The molecule has 4 nitrogen and oxygen atoms in total. The highest BCUT2D eigenvalue weighted by atomic mass is 19.1. The molecule has 0 aromatic heterocycles. The monoisotopic (exact) mass is 322 g/mol. The van der Waals surface area contributed by atoms with Crippen LogP contribution < -0.4 is 10.2 Å². The van der Waals surface area contributed by atoms with Crippen molar-refractivity contribution in [3.05, 3.63) is 29.6 Å². The standard InChI is InChI=1S/C18H27FN2O2/c1-4-13(2)18(3,23)12-20-17(22)14-7-8-16(15(19)11-14)21-9-5-6-10-21/h7-8,11,13,23H,4-6,9-10,12H2,1-3H3,(H,20,22). The highest BCUT2D eigenvalue weighted by Gasteiger charge is 2.27. The molecule has 0 aliphatic carbocycles. The molecule has 1 amide bonds. The summed E-state index contributed by atoms with van der Waals surface area (Å²) < 4.78 is 14.2. The van der Waals surface area contributed by atoms with Gasteiger partial charge in [0.2, 0.25) is 0 Å². The van der Waals surface area contributed by atoms with Gasteiger partial charge in [0.25, 0.3) is 5.91 Å². The zero-order valence-electron chi connectivity index (χ0n) is 14.2. The molecule has 0 radical (unpaired) electrons. The predicted molar refractivity (Wildman–Crippen MR) is 90.3 cm³/mol. The summed E-state index contributed by atoms with van der Waals surface area (Å²) in [5.41, 5.74) is -0.130. The van der Waals surface area contributed by atoms with Gasteiger partial charge in [-0.2, -0.15) is 0 Å². The van der Waals surface area contributed by atoms with Crippen molar-refractivity contribution >= 4 is 11.6 Å². The van der Waals surface area contributed by atoms with Crippen molar-refractivity contribution in [1.82, 2.24) is 5.32 Å². The van der Waals surface area contributed by atoms with Gasteiger partial charge in [-0.3, -0.25) is 4.79 Å². The number of aliphatic hydroxyl groups is 1. The van der Waals surface area contributed by atoms with E-state index in [4.69, 9.17) is 0 Å². The topological polar surface area (TPSA) is 52.6 Å². The lowest BCUT2D eigenvalue weighted by Gasteiger charge is -2.29. The molecule has 2 N–H and O–H groups in total. The lowest BCUT2D eigenvalue weighted by atomic mass is 9.88. The third-order valence-electron chi connectivity index (χ3n) is 4.94. The van der Waals surface area contributed by atoms with E-state index in [0.717, 1.165) is 32.4 Å². The summed E-state index contributed by atoms with van der Waals surface area (Å²) in [6.45, 7) is 7.51. The second-order valence-electron chi connectivity index (χ2n) is 6.71. The Balaban J connectivity index is 2.01. The molecule has 0 spiro atoms. The Morgan fingerprint density at radius 3 is 2.65 bits per heavy atom. The van der Waals surface area contributed by atoms with Gasteiger partial charge in [0.05, 0.1) is 11.3 Å². The fourth-order valence-corrected chi connectivity index (χ4v) is 2.84. The Hall–Kier alpha value is -1.62. The molecule has 1 aromatic rings. The van der Waals surface area contributed by atoms with E-state index in [1.165, 1.54) is 6.07 Å². The molecule has 23 heavy (non-hydrogen) atoms. The normalized spacial score (nSPS) is 18.6. The van der Waals surface area contributed by atoms with E-state index in [1.54, 1.807) is 19.1 Å². The van der Waals surface area contributed by atoms with Crippen LogP contribution in [0.2, 0.25) is 0 Å². The van der Waals surface area contributed by atoms with Gasteiger partial charge in [0.1, 0.15) is 5.82 Å². The molecule has 1 heterocycles. The minimum absolute atomic E-state index is 0.0667. The summed E-state index contributed by atoms with van der Waals surface area (Å²) in [4.78, 5) is 14.2. The second kappa shape index (κ2) is 7.30. The number of anilines is 1. The summed E-state index contributed by atoms with van der Waals surface area (Å²) in [5.74, 6) is -0.661. The van der Waals surface area contributed by atoms with Crippen LogP contribution in [0.3, 0.4) is 0 Å². The largest absolute Gasteiger partial charge is 0.388 e. The van der Waals surface area contributed by atoms with Crippen LogP contribution in [0.4, 0.5) is 10.1 Å². The zero-order valence-corrected chi connectivity index (χ0v) is 14.2. The average molecular weight is 322 g/mol. The highest BCUT2D eigenvalue weighted by Crippen LogP contribution is 2.24. The number of nitrogens with one attached hydrogen (secondary N) is 1. The van der Waals surface area contributed by atoms with E-state index < -0.39 is 5.60 Å². The predicted octanol–water partition coefficient (Wildman–Crippen LogP) is 2.95. The molecule has 1 saturated heterocycles. The van der Waals surface area contributed by atoms with Crippen molar-refractivity contribution in [2.75, 3.05) is 24.5 Å². The van der Waals surface area contributed by atoms with E-state index in [2.05, 4.69) is 5.32 Å². The summed E-state index contributed by atoms with van der Waals surface area (Å²) in [7, 11) is 0. The van der Waals surface area contributed by atoms with Gasteiger partial charge in [-0.25, -0.2) is 4.39 Å². The first kappa shape index (κ1) is 17.7. The number of carbonyl (C=O) groups is 1. The van der Waals surface area contributed by atoms with Crippen molar-refractivity contribution in [1.29, 1.82) is 0 Å². The van der Waals surface area contributed by atoms with Crippen LogP contribution in [0.25, 0.3) is 0 Å². The molecule has 2 rings (SSSR count). The summed E-state index contributed by atoms with van der Waals surface area (Å²) in [5, 5.41) is 13.0. The number of benzene rings is 1. The van der Waals surface area contributed by atoms with Crippen LogP contribution in [0.1, 0.15) is 50.4 Å². The first-order valence-electron chi connectivity index (χ1n) is 8.40. The van der Waals surface area contributed by atoms with E-state index >= 15 is 0 Å². The van der Waals surface area contributed by atoms with Gasteiger partial charge in [-0.05, 0) is 43.9 Å². The maximum absolute atomic E-state index is 14.2. The molecule has 1 aliphatic rings. The molecule has 1 aromatic carbocycles. The fraction of sp³-hybridized carbons (Fsp3) is 0.611. The molecule has 128 valence electrons. The van der Waals surface area contributed by atoms with Crippen molar-refractivity contribution in [3.63, 3.8) is 0 Å². The quantitative estimate of drug-likeness (QED) is 0.846. The molecule has 1 aliphatic heterocycles. The number of amides is 1. The van der Waals surface area contributed by atoms with Crippen LogP contribution in [-0.2, 0) is 0 Å². The molecule has 2 atom stereocenters. The number of hydrogen-bond acceptors (Lipinski definition) is 3. The molecular formula is C18H27FN2O2. The van der Waals surface area contributed by atoms with Crippen LogP contribution in [-0.4, -0.2) is 36.2 Å². The number of halogens is 1. The minimum atomic E-state index is -0.974. The summed E-state index contributed by atoms with van der Waals surface area (Å²) in [6.07, 6.45) is 2.97. The van der Waals surface area contributed by atoms with Gasteiger partial charge >= 0.3 is 0 Å². The molecule has 5 heteroatoms. The second-order valence-corrected chi connectivity index (χ2v) is 6.71. The van der Waals surface area contributed by atoms with E-state index in [9.17, 15) is 14.3 Å². The third kappa shape index (κ3) is 4.22.